The van der Waals surface area contributed by atoms with Gasteiger partial charge in [-0.1, -0.05) is 68.3 Å². The van der Waals surface area contributed by atoms with Crippen molar-refractivity contribution in [1.29, 1.82) is 0 Å². The first-order valence-electron chi connectivity index (χ1n) is 6.39. The molecule has 0 N–H and O–H groups in total. The van der Waals surface area contributed by atoms with Crippen molar-refractivity contribution in [2.75, 3.05) is 0 Å². The Morgan fingerprint density at radius 3 is 1.71 bits per heavy atom. The van der Waals surface area contributed by atoms with Crippen molar-refractivity contribution in [2.45, 2.75) is 76.5 Å². The van der Waals surface area contributed by atoms with Crippen LogP contribution in [0.3, 0.4) is 0 Å². The average molecular weight is 261 g/mol. The minimum atomic E-state index is 0.727. The highest BCUT2D eigenvalue weighted by molar-refractivity contribution is 9.09. The third-order valence-electron chi connectivity index (χ3n) is 3.65. The van der Waals surface area contributed by atoms with Gasteiger partial charge in [0, 0.05) is 4.83 Å². The lowest BCUT2D eigenvalue weighted by atomic mass is 9.92. The molecule has 1 heteroatoms. The summed E-state index contributed by atoms with van der Waals surface area (Å²) in [5.41, 5.74) is 0.727. The van der Waals surface area contributed by atoms with Crippen LogP contribution in [-0.2, 0) is 0 Å². The molecule has 0 aromatic heterocycles. The van der Waals surface area contributed by atoms with Gasteiger partial charge in [0.25, 0.3) is 0 Å². The van der Waals surface area contributed by atoms with Gasteiger partial charge in [-0.2, -0.15) is 0 Å². The predicted octanol–water partition coefficient (Wildman–Crippen LogP) is 5.30. The van der Waals surface area contributed by atoms with Crippen LogP contribution in [0.1, 0.15) is 71.6 Å². The molecular weight excluding hydrogens is 236 g/mol. The maximum Gasteiger partial charge on any atom is 0.0208 e. The monoisotopic (exact) mass is 260 g/mol. The van der Waals surface area contributed by atoms with E-state index in [1.165, 1.54) is 57.8 Å². The lowest BCUT2D eigenvalue weighted by Crippen LogP contribution is -2.04. The van der Waals surface area contributed by atoms with Gasteiger partial charge in [0.05, 0.1) is 0 Å². The highest BCUT2D eigenvalue weighted by atomic mass is 79.9. The number of halogens is 1. The first-order valence-corrected chi connectivity index (χ1v) is 7.31. The number of alkyl halides is 1. The molecule has 14 heavy (non-hydrogen) atoms. The zero-order valence-corrected chi connectivity index (χ0v) is 11.4. The van der Waals surface area contributed by atoms with Crippen LogP contribution >= 0.6 is 15.9 Å². The second kappa shape index (κ2) is 6.15. The minimum absolute atomic E-state index is 0.727. The number of hydrogen-bond acceptors (Lipinski definition) is 0. The van der Waals surface area contributed by atoms with Crippen LogP contribution in [0.25, 0.3) is 0 Å². The number of hydrogen-bond donors (Lipinski definition) is 0. The zero-order chi connectivity index (χ0) is 10.4. The summed E-state index contributed by atoms with van der Waals surface area (Å²) < 4.78 is 0. The summed E-state index contributed by atoms with van der Waals surface area (Å²) in [5.74, 6) is 0. The van der Waals surface area contributed by atoms with Crippen molar-refractivity contribution in [3.8, 4) is 0 Å². The van der Waals surface area contributed by atoms with Crippen LogP contribution in [-0.4, -0.2) is 4.83 Å². The first kappa shape index (κ1) is 12.5. The quantitative estimate of drug-likeness (QED) is 0.411. The first-order chi connectivity index (χ1) is 6.75. The molecule has 0 heterocycles. The van der Waals surface area contributed by atoms with Crippen molar-refractivity contribution in [2.24, 2.45) is 5.41 Å². The number of unbranched alkanes of at least 4 members (excludes halogenated alkanes) is 4. The fourth-order valence-corrected chi connectivity index (χ4v) is 3.50. The molecule has 1 aliphatic carbocycles. The van der Waals surface area contributed by atoms with Gasteiger partial charge < -0.3 is 0 Å². The lowest BCUT2D eigenvalue weighted by Gasteiger charge is -2.15. The molecule has 1 rings (SSSR count). The SMILES string of the molecule is CCCCCC1(CCCCC)CC1Br. The molecule has 0 spiro atoms. The Balaban J connectivity index is 2.15. The Kier molecular flexibility index (Phi) is 5.51. The van der Waals surface area contributed by atoms with Crippen LogP contribution in [0.2, 0.25) is 0 Å². The van der Waals surface area contributed by atoms with E-state index < -0.39 is 0 Å². The number of rotatable bonds is 8. The summed E-state index contributed by atoms with van der Waals surface area (Å²) in [6.45, 7) is 4.59. The molecule has 0 saturated heterocycles. The summed E-state index contributed by atoms with van der Waals surface area (Å²) >= 11 is 3.81. The van der Waals surface area contributed by atoms with Crippen LogP contribution in [0.4, 0.5) is 0 Å². The van der Waals surface area contributed by atoms with E-state index in [2.05, 4.69) is 29.8 Å². The van der Waals surface area contributed by atoms with Gasteiger partial charge in [-0.05, 0) is 24.7 Å². The molecule has 0 aromatic rings. The smallest absolute Gasteiger partial charge is 0.0208 e. The third-order valence-corrected chi connectivity index (χ3v) is 4.94. The van der Waals surface area contributed by atoms with E-state index in [9.17, 15) is 0 Å². The summed E-state index contributed by atoms with van der Waals surface area (Å²) in [6.07, 6.45) is 12.9. The zero-order valence-electron chi connectivity index (χ0n) is 9.82. The topological polar surface area (TPSA) is 0 Å². The van der Waals surface area contributed by atoms with Crippen molar-refractivity contribution < 1.29 is 0 Å². The van der Waals surface area contributed by atoms with Crippen molar-refractivity contribution >= 4 is 15.9 Å². The van der Waals surface area contributed by atoms with Crippen molar-refractivity contribution in [3.05, 3.63) is 0 Å². The van der Waals surface area contributed by atoms with E-state index in [-0.39, 0.29) is 0 Å². The van der Waals surface area contributed by atoms with Gasteiger partial charge in [-0.25, -0.2) is 0 Å². The van der Waals surface area contributed by atoms with E-state index in [1.807, 2.05) is 0 Å². The molecule has 84 valence electrons. The normalized spacial score (nSPS) is 23.8. The van der Waals surface area contributed by atoms with Crippen LogP contribution in [0.15, 0.2) is 0 Å². The van der Waals surface area contributed by atoms with E-state index in [0.717, 1.165) is 10.2 Å². The minimum Gasteiger partial charge on any atom is -0.0884 e. The molecular formula is C13H25Br. The lowest BCUT2D eigenvalue weighted by molar-refractivity contribution is 0.393. The molecule has 1 fully saturated rings. The summed E-state index contributed by atoms with van der Waals surface area (Å²) in [5, 5.41) is 0. The average Bonchev–Trinajstić information content (AvgIpc) is 2.78. The third kappa shape index (κ3) is 3.56. The summed E-state index contributed by atoms with van der Waals surface area (Å²) in [6, 6.07) is 0. The van der Waals surface area contributed by atoms with Gasteiger partial charge in [0.1, 0.15) is 0 Å². The molecule has 0 radical (unpaired) electrons. The highest BCUT2D eigenvalue weighted by Gasteiger charge is 2.50. The van der Waals surface area contributed by atoms with Gasteiger partial charge in [-0.3, -0.25) is 0 Å². The Morgan fingerprint density at radius 1 is 1.00 bits per heavy atom. The summed E-state index contributed by atoms with van der Waals surface area (Å²) in [4.78, 5) is 0.851. The Morgan fingerprint density at radius 2 is 1.43 bits per heavy atom. The van der Waals surface area contributed by atoms with E-state index >= 15 is 0 Å². The largest absolute Gasteiger partial charge is 0.0884 e. The second-order valence-corrected chi connectivity index (χ2v) is 6.05. The molecule has 1 saturated carbocycles. The fourth-order valence-electron chi connectivity index (χ4n) is 2.39. The van der Waals surface area contributed by atoms with Gasteiger partial charge >= 0.3 is 0 Å². The summed E-state index contributed by atoms with van der Waals surface area (Å²) in [7, 11) is 0. The molecule has 0 aromatic carbocycles. The van der Waals surface area contributed by atoms with Crippen LogP contribution in [0.5, 0.6) is 0 Å². The van der Waals surface area contributed by atoms with Gasteiger partial charge in [0.2, 0.25) is 0 Å². The maximum atomic E-state index is 3.81. The van der Waals surface area contributed by atoms with Gasteiger partial charge in [-0.15, -0.1) is 0 Å². The van der Waals surface area contributed by atoms with Gasteiger partial charge in [0.15, 0.2) is 0 Å². The van der Waals surface area contributed by atoms with E-state index in [4.69, 9.17) is 0 Å². The maximum absolute atomic E-state index is 3.81. The molecule has 0 aliphatic heterocycles. The van der Waals surface area contributed by atoms with Crippen LogP contribution < -0.4 is 0 Å². The van der Waals surface area contributed by atoms with E-state index in [1.54, 1.807) is 0 Å². The Hall–Kier alpha value is 0.480. The molecule has 1 aliphatic rings. The van der Waals surface area contributed by atoms with Crippen molar-refractivity contribution in [1.82, 2.24) is 0 Å². The predicted molar refractivity (Wildman–Crippen MR) is 68.0 cm³/mol. The standard InChI is InChI=1S/C13H25Br/c1-3-5-7-9-13(11-12(13)14)10-8-6-4-2/h12H,3-11H2,1-2H3. The molecule has 0 amide bonds. The van der Waals surface area contributed by atoms with Crippen LogP contribution in [0, 0.1) is 5.41 Å². The fraction of sp³-hybridized carbons (Fsp3) is 1.00. The molecule has 0 nitrogen and oxygen atoms in total. The van der Waals surface area contributed by atoms with Crippen molar-refractivity contribution in [3.63, 3.8) is 0 Å². The molecule has 0 bridgehead atoms. The molecule has 1 unspecified atom stereocenters. The second-order valence-electron chi connectivity index (χ2n) is 4.95. The Labute approximate surface area is 98.0 Å². The van der Waals surface area contributed by atoms with E-state index in [0.29, 0.717) is 0 Å². The Bertz CT molecular complexity index is 143. The highest BCUT2D eigenvalue weighted by Crippen LogP contribution is 2.58. The molecule has 1 atom stereocenters.